The standard InChI is InChI=1S/C13H10BrClN2O2/c1-7-4-5-16-12(15)11(7)17-13(19)9-3-2-8(14)6-10(9)18/h2-6,18H,1H3,(H,17,19). The van der Waals surface area contributed by atoms with E-state index in [9.17, 15) is 9.90 Å². The maximum atomic E-state index is 12.1. The smallest absolute Gasteiger partial charge is 0.259 e. The van der Waals surface area contributed by atoms with Crippen LogP contribution in [0.1, 0.15) is 15.9 Å². The Balaban J connectivity index is 2.31. The zero-order valence-corrected chi connectivity index (χ0v) is 12.3. The van der Waals surface area contributed by atoms with Crippen LogP contribution in [-0.4, -0.2) is 16.0 Å². The number of carbonyl (C=O) groups is 1. The monoisotopic (exact) mass is 340 g/mol. The average molecular weight is 342 g/mol. The molecule has 0 aliphatic heterocycles. The van der Waals surface area contributed by atoms with E-state index in [1.54, 1.807) is 18.3 Å². The molecule has 0 unspecified atom stereocenters. The largest absolute Gasteiger partial charge is 0.507 e. The lowest BCUT2D eigenvalue weighted by Crippen LogP contribution is -2.13. The number of pyridine rings is 1. The quantitative estimate of drug-likeness (QED) is 0.818. The zero-order valence-electron chi connectivity index (χ0n) is 9.95. The van der Waals surface area contributed by atoms with Gasteiger partial charge in [-0.25, -0.2) is 4.98 Å². The van der Waals surface area contributed by atoms with Crippen molar-refractivity contribution in [1.82, 2.24) is 4.98 Å². The molecule has 19 heavy (non-hydrogen) atoms. The molecule has 2 N–H and O–H groups in total. The van der Waals surface area contributed by atoms with Crippen molar-refractivity contribution in [2.75, 3.05) is 5.32 Å². The van der Waals surface area contributed by atoms with Crippen molar-refractivity contribution in [3.8, 4) is 5.75 Å². The van der Waals surface area contributed by atoms with Gasteiger partial charge in [0.25, 0.3) is 5.91 Å². The number of carbonyl (C=O) groups excluding carboxylic acids is 1. The van der Waals surface area contributed by atoms with Crippen LogP contribution in [0.4, 0.5) is 5.69 Å². The van der Waals surface area contributed by atoms with Crippen molar-refractivity contribution in [2.45, 2.75) is 6.92 Å². The van der Waals surface area contributed by atoms with E-state index in [-0.39, 0.29) is 16.5 Å². The normalized spacial score (nSPS) is 10.3. The highest BCUT2D eigenvalue weighted by molar-refractivity contribution is 9.10. The van der Waals surface area contributed by atoms with Crippen LogP contribution >= 0.6 is 27.5 Å². The molecule has 0 saturated heterocycles. The van der Waals surface area contributed by atoms with Crippen molar-refractivity contribution in [3.05, 3.63) is 51.2 Å². The number of phenolic OH excluding ortho intramolecular Hbond substituents is 1. The molecular weight excluding hydrogens is 332 g/mol. The van der Waals surface area contributed by atoms with E-state index < -0.39 is 5.91 Å². The number of hydrogen-bond donors (Lipinski definition) is 2. The van der Waals surface area contributed by atoms with Gasteiger partial charge in [0.05, 0.1) is 11.3 Å². The summed E-state index contributed by atoms with van der Waals surface area (Å²) >= 11 is 9.14. The van der Waals surface area contributed by atoms with Crippen LogP contribution < -0.4 is 5.32 Å². The molecule has 6 heteroatoms. The Bertz CT molecular complexity index is 626. The molecule has 0 bridgehead atoms. The van der Waals surface area contributed by atoms with E-state index in [2.05, 4.69) is 26.2 Å². The van der Waals surface area contributed by atoms with Gasteiger partial charge >= 0.3 is 0 Å². The van der Waals surface area contributed by atoms with Gasteiger partial charge in [-0.15, -0.1) is 0 Å². The van der Waals surface area contributed by atoms with E-state index >= 15 is 0 Å². The van der Waals surface area contributed by atoms with Crippen molar-refractivity contribution >= 4 is 39.1 Å². The molecule has 98 valence electrons. The highest BCUT2D eigenvalue weighted by Gasteiger charge is 2.14. The highest BCUT2D eigenvalue weighted by atomic mass is 79.9. The number of nitrogens with one attached hydrogen (secondary N) is 1. The van der Waals surface area contributed by atoms with Crippen LogP contribution in [0.15, 0.2) is 34.9 Å². The Morgan fingerprint density at radius 1 is 1.42 bits per heavy atom. The summed E-state index contributed by atoms with van der Waals surface area (Å²) < 4.78 is 0.692. The van der Waals surface area contributed by atoms with E-state index in [1.807, 2.05) is 6.92 Å². The van der Waals surface area contributed by atoms with Gasteiger partial charge in [-0.05, 0) is 36.8 Å². The number of rotatable bonds is 2. The third-order valence-electron chi connectivity index (χ3n) is 2.56. The summed E-state index contributed by atoms with van der Waals surface area (Å²) in [5, 5.41) is 12.6. The number of aromatic hydroxyl groups is 1. The van der Waals surface area contributed by atoms with Crippen LogP contribution in [0.25, 0.3) is 0 Å². The lowest BCUT2D eigenvalue weighted by Gasteiger charge is -2.10. The lowest BCUT2D eigenvalue weighted by molar-refractivity contribution is 0.102. The summed E-state index contributed by atoms with van der Waals surface area (Å²) in [6.45, 7) is 1.81. The first kappa shape index (κ1) is 13.8. The Morgan fingerprint density at radius 3 is 2.79 bits per heavy atom. The number of aromatic nitrogens is 1. The summed E-state index contributed by atoms with van der Waals surface area (Å²) in [6.07, 6.45) is 1.56. The van der Waals surface area contributed by atoms with E-state index in [4.69, 9.17) is 11.6 Å². The third kappa shape index (κ3) is 3.05. The molecule has 2 rings (SSSR count). The summed E-state index contributed by atoms with van der Waals surface area (Å²) in [4.78, 5) is 16.0. The summed E-state index contributed by atoms with van der Waals surface area (Å²) in [5.74, 6) is -0.549. The first-order valence-electron chi connectivity index (χ1n) is 5.40. The van der Waals surface area contributed by atoms with Gasteiger partial charge in [0, 0.05) is 10.7 Å². The number of halogens is 2. The SMILES string of the molecule is Cc1ccnc(Cl)c1NC(=O)c1ccc(Br)cc1O. The average Bonchev–Trinajstić information content (AvgIpc) is 2.33. The Kier molecular flexibility index (Phi) is 4.07. The molecule has 2 aromatic rings. The topological polar surface area (TPSA) is 62.2 Å². The molecule has 0 spiro atoms. The fourth-order valence-corrected chi connectivity index (χ4v) is 2.15. The number of aryl methyl sites for hydroxylation is 1. The predicted octanol–water partition coefficient (Wildman–Crippen LogP) is 3.76. The Labute approximate surface area is 123 Å². The van der Waals surface area contributed by atoms with Crippen molar-refractivity contribution in [1.29, 1.82) is 0 Å². The fraction of sp³-hybridized carbons (Fsp3) is 0.0769. The maximum Gasteiger partial charge on any atom is 0.259 e. The Morgan fingerprint density at radius 2 is 2.16 bits per heavy atom. The lowest BCUT2D eigenvalue weighted by atomic mass is 10.1. The molecule has 1 amide bonds. The van der Waals surface area contributed by atoms with Gasteiger partial charge in [0.15, 0.2) is 5.15 Å². The first-order chi connectivity index (χ1) is 8.99. The predicted molar refractivity (Wildman–Crippen MR) is 77.7 cm³/mol. The molecule has 0 radical (unpaired) electrons. The molecule has 0 fully saturated rings. The molecule has 1 aromatic heterocycles. The first-order valence-corrected chi connectivity index (χ1v) is 6.57. The number of hydrogen-bond acceptors (Lipinski definition) is 3. The number of amides is 1. The number of phenols is 1. The van der Waals surface area contributed by atoms with Crippen molar-refractivity contribution in [2.24, 2.45) is 0 Å². The van der Waals surface area contributed by atoms with Crippen LogP contribution in [-0.2, 0) is 0 Å². The second-order valence-electron chi connectivity index (χ2n) is 3.91. The summed E-state index contributed by atoms with van der Waals surface area (Å²) in [7, 11) is 0. The summed E-state index contributed by atoms with van der Waals surface area (Å²) in [6, 6.07) is 6.39. The molecule has 0 saturated carbocycles. The number of anilines is 1. The van der Waals surface area contributed by atoms with Gasteiger partial charge in [-0.1, -0.05) is 27.5 Å². The Hall–Kier alpha value is -1.59. The molecule has 1 aromatic carbocycles. The van der Waals surface area contributed by atoms with Crippen LogP contribution in [0.2, 0.25) is 5.15 Å². The van der Waals surface area contributed by atoms with Crippen LogP contribution in [0.5, 0.6) is 5.75 Å². The van der Waals surface area contributed by atoms with E-state index in [0.717, 1.165) is 5.56 Å². The summed E-state index contributed by atoms with van der Waals surface area (Å²) in [5.41, 5.74) is 1.41. The minimum Gasteiger partial charge on any atom is -0.507 e. The second-order valence-corrected chi connectivity index (χ2v) is 5.18. The highest BCUT2D eigenvalue weighted by Crippen LogP contribution is 2.26. The molecule has 0 aliphatic rings. The van der Waals surface area contributed by atoms with Crippen molar-refractivity contribution in [3.63, 3.8) is 0 Å². The third-order valence-corrected chi connectivity index (χ3v) is 3.34. The number of nitrogens with zero attached hydrogens (tertiary/aromatic N) is 1. The van der Waals surface area contributed by atoms with E-state index in [0.29, 0.717) is 10.2 Å². The van der Waals surface area contributed by atoms with Crippen LogP contribution in [0, 0.1) is 6.92 Å². The fourth-order valence-electron chi connectivity index (χ4n) is 1.55. The molecule has 1 heterocycles. The molecule has 0 atom stereocenters. The molecular formula is C13H10BrClN2O2. The second kappa shape index (κ2) is 5.59. The minimum atomic E-state index is -0.442. The van der Waals surface area contributed by atoms with Gasteiger partial charge < -0.3 is 10.4 Å². The molecule has 0 aliphatic carbocycles. The van der Waals surface area contributed by atoms with Gasteiger partial charge in [-0.2, -0.15) is 0 Å². The van der Waals surface area contributed by atoms with Crippen molar-refractivity contribution < 1.29 is 9.90 Å². The van der Waals surface area contributed by atoms with Gasteiger partial charge in [-0.3, -0.25) is 4.79 Å². The zero-order chi connectivity index (χ0) is 14.0. The molecule has 4 nitrogen and oxygen atoms in total. The minimum absolute atomic E-state index is 0.107. The number of benzene rings is 1. The van der Waals surface area contributed by atoms with Gasteiger partial charge in [0.2, 0.25) is 0 Å². The van der Waals surface area contributed by atoms with E-state index in [1.165, 1.54) is 12.1 Å². The maximum absolute atomic E-state index is 12.1. The van der Waals surface area contributed by atoms with Crippen LogP contribution in [0.3, 0.4) is 0 Å². The van der Waals surface area contributed by atoms with Gasteiger partial charge in [0.1, 0.15) is 5.75 Å².